The Hall–Kier alpha value is -2.02. The van der Waals surface area contributed by atoms with E-state index in [9.17, 15) is 13.2 Å². The maximum Gasteiger partial charge on any atom is 0.243 e. The fourth-order valence-corrected chi connectivity index (χ4v) is 4.72. The molecule has 0 radical (unpaired) electrons. The van der Waals surface area contributed by atoms with Crippen molar-refractivity contribution in [1.29, 1.82) is 0 Å². The van der Waals surface area contributed by atoms with Crippen molar-refractivity contribution >= 4 is 21.6 Å². The SMILES string of the molecule is CCOc1ccc(N([C@@H](CC)C(=O)NCCC2=CCCCC2)S(C)(=O)=O)cc1. The van der Waals surface area contributed by atoms with Gasteiger partial charge in [0.05, 0.1) is 18.6 Å². The molecule has 1 N–H and O–H groups in total. The van der Waals surface area contributed by atoms with Gasteiger partial charge in [-0.05, 0) is 69.7 Å². The maximum atomic E-state index is 12.8. The van der Waals surface area contributed by atoms with E-state index in [1.54, 1.807) is 24.3 Å². The normalized spacial score (nSPS) is 15.5. The molecule has 1 aliphatic carbocycles. The van der Waals surface area contributed by atoms with Crippen LogP contribution < -0.4 is 14.4 Å². The number of amides is 1. The fraction of sp³-hybridized carbons (Fsp3) is 0.571. The van der Waals surface area contributed by atoms with Crippen LogP contribution in [0.3, 0.4) is 0 Å². The van der Waals surface area contributed by atoms with E-state index in [4.69, 9.17) is 4.74 Å². The van der Waals surface area contributed by atoms with Gasteiger partial charge in [-0.25, -0.2) is 8.42 Å². The van der Waals surface area contributed by atoms with E-state index in [0.717, 1.165) is 25.5 Å². The molecule has 0 saturated heterocycles. The highest BCUT2D eigenvalue weighted by Crippen LogP contribution is 2.25. The standard InChI is InChI=1S/C21H32N2O4S/c1-4-20(21(24)22-16-15-17-9-7-6-8-10-17)23(28(3,25)26)18-11-13-19(14-12-18)27-5-2/h9,11-14,20H,4-8,10,15-16H2,1-3H3,(H,22,24)/t20-/m0/s1. The van der Waals surface area contributed by atoms with Crippen LogP contribution in [0.5, 0.6) is 5.75 Å². The molecule has 0 spiro atoms. The molecule has 6 nitrogen and oxygen atoms in total. The van der Waals surface area contributed by atoms with Crippen LogP contribution in [0, 0.1) is 0 Å². The van der Waals surface area contributed by atoms with E-state index >= 15 is 0 Å². The quantitative estimate of drug-likeness (QED) is 0.600. The second kappa shape index (κ2) is 10.5. The van der Waals surface area contributed by atoms with Crippen molar-refractivity contribution in [3.05, 3.63) is 35.9 Å². The average molecular weight is 409 g/mol. The molecule has 2 rings (SSSR count). The first-order valence-electron chi connectivity index (χ1n) is 10.0. The minimum Gasteiger partial charge on any atom is -0.494 e. The van der Waals surface area contributed by atoms with Crippen LogP contribution in [0.15, 0.2) is 35.9 Å². The number of nitrogens with one attached hydrogen (secondary N) is 1. The zero-order valence-electron chi connectivity index (χ0n) is 17.1. The van der Waals surface area contributed by atoms with Gasteiger partial charge < -0.3 is 10.1 Å². The van der Waals surface area contributed by atoms with E-state index in [1.807, 2.05) is 13.8 Å². The minimum absolute atomic E-state index is 0.266. The Kier molecular flexibility index (Phi) is 8.35. The summed E-state index contributed by atoms with van der Waals surface area (Å²) in [5.41, 5.74) is 1.84. The number of hydrogen-bond donors (Lipinski definition) is 1. The molecular formula is C21H32N2O4S. The third-order valence-electron chi connectivity index (χ3n) is 4.86. The lowest BCUT2D eigenvalue weighted by Crippen LogP contribution is -2.49. The smallest absolute Gasteiger partial charge is 0.243 e. The number of ether oxygens (including phenoxy) is 1. The number of sulfonamides is 1. The molecule has 0 unspecified atom stereocenters. The number of allylic oxidation sites excluding steroid dienone is 1. The van der Waals surface area contributed by atoms with Crippen molar-refractivity contribution in [3.63, 3.8) is 0 Å². The van der Waals surface area contributed by atoms with Gasteiger partial charge in [0.2, 0.25) is 15.9 Å². The van der Waals surface area contributed by atoms with Gasteiger partial charge in [-0.3, -0.25) is 9.10 Å². The summed E-state index contributed by atoms with van der Waals surface area (Å²) in [5.74, 6) is 0.399. The fourth-order valence-electron chi connectivity index (χ4n) is 3.51. The zero-order chi connectivity index (χ0) is 20.6. The van der Waals surface area contributed by atoms with Crippen LogP contribution in [-0.4, -0.2) is 39.8 Å². The van der Waals surface area contributed by atoms with Gasteiger partial charge in [0, 0.05) is 6.54 Å². The van der Waals surface area contributed by atoms with E-state index < -0.39 is 16.1 Å². The number of benzene rings is 1. The predicted molar refractivity (Wildman–Crippen MR) is 113 cm³/mol. The number of hydrogen-bond acceptors (Lipinski definition) is 4. The topological polar surface area (TPSA) is 75.7 Å². The lowest BCUT2D eigenvalue weighted by molar-refractivity contribution is -0.122. The van der Waals surface area contributed by atoms with Gasteiger partial charge in [-0.2, -0.15) is 0 Å². The summed E-state index contributed by atoms with van der Waals surface area (Å²) >= 11 is 0. The maximum absolute atomic E-state index is 12.8. The molecule has 0 fully saturated rings. The monoisotopic (exact) mass is 408 g/mol. The summed E-state index contributed by atoms with van der Waals surface area (Å²) in [4.78, 5) is 12.8. The van der Waals surface area contributed by atoms with Crippen molar-refractivity contribution in [2.75, 3.05) is 23.7 Å². The predicted octanol–water partition coefficient (Wildman–Crippen LogP) is 3.64. The van der Waals surface area contributed by atoms with E-state index in [-0.39, 0.29) is 5.91 Å². The highest BCUT2D eigenvalue weighted by molar-refractivity contribution is 7.92. The van der Waals surface area contributed by atoms with Crippen molar-refractivity contribution in [1.82, 2.24) is 5.32 Å². The van der Waals surface area contributed by atoms with Crippen LogP contribution in [0.1, 0.15) is 52.4 Å². The van der Waals surface area contributed by atoms with E-state index in [2.05, 4.69) is 11.4 Å². The average Bonchev–Trinajstić information content (AvgIpc) is 2.67. The van der Waals surface area contributed by atoms with Crippen LogP contribution in [0.4, 0.5) is 5.69 Å². The molecule has 0 saturated carbocycles. The minimum atomic E-state index is -3.62. The Morgan fingerprint density at radius 1 is 1.21 bits per heavy atom. The molecule has 156 valence electrons. The first kappa shape index (κ1) is 22.3. The summed E-state index contributed by atoms with van der Waals surface area (Å²) in [7, 11) is -3.62. The Balaban J connectivity index is 2.10. The van der Waals surface area contributed by atoms with E-state index in [1.165, 1.54) is 22.7 Å². The summed E-state index contributed by atoms with van der Waals surface area (Å²) in [6, 6.07) is 6.01. The van der Waals surface area contributed by atoms with Gasteiger partial charge in [0.15, 0.2) is 0 Å². The van der Waals surface area contributed by atoms with Crippen LogP contribution in [0.2, 0.25) is 0 Å². The summed E-state index contributed by atoms with van der Waals surface area (Å²) in [6.07, 6.45) is 9.24. The number of nitrogens with zero attached hydrogens (tertiary/aromatic N) is 1. The van der Waals surface area contributed by atoms with Gasteiger partial charge in [-0.15, -0.1) is 0 Å². The molecule has 1 atom stereocenters. The molecule has 0 aromatic heterocycles. The summed E-state index contributed by atoms with van der Waals surface area (Å²) in [5, 5.41) is 2.92. The second-order valence-corrected chi connectivity index (χ2v) is 8.92. The lowest BCUT2D eigenvalue weighted by atomic mass is 9.97. The third kappa shape index (κ3) is 6.26. The van der Waals surface area contributed by atoms with Crippen molar-refractivity contribution in [2.45, 2.75) is 58.4 Å². The molecule has 28 heavy (non-hydrogen) atoms. The Labute approximate surface area is 169 Å². The molecular weight excluding hydrogens is 376 g/mol. The summed E-state index contributed by atoms with van der Waals surface area (Å²) in [6.45, 7) is 4.77. The lowest BCUT2D eigenvalue weighted by Gasteiger charge is -2.30. The molecule has 0 bridgehead atoms. The number of rotatable bonds is 10. The molecule has 0 aliphatic heterocycles. The summed E-state index contributed by atoms with van der Waals surface area (Å²) < 4.78 is 31.6. The number of anilines is 1. The van der Waals surface area contributed by atoms with Crippen molar-refractivity contribution in [2.24, 2.45) is 0 Å². The Morgan fingerprint density at radius 2 is 1.93 bits per heavy atom. The van der Waals surface area contributed by atoms with Crippen LogP contribution in [0.25, 0.3) is 0 Å². The molecule has 1 aromatic carbocycles. The first-order chi connectivity index (χ1) is 13.4. The van der Waals surface area contributed by atoms with Crippen LogP contribution >= 0.6 is 0 Å². The molecule has 1 amide bonds. The van der Waals surface area contributed by atoms with Gasteiger partial charge in [0.1, 0.15) is 11.8 Å². The third-order valence-corrected chi connectivity index (χ3v) is 6.04. The molecule has 0 heterocycles. The molecule has 7 heteroatoms. The first-order valence-corrected chi connectivity index (χ1v) is 11.9. The van der Waals surface area contributed by atoms with Gasteiger partial charge in [0.25, 0.3) is 0 Å². The molecule has 1 aliphatic rings. The number of carbonyl (C=O) groups is 1. The Morgan fingerprint density at radius 3 is 2.46 bits per heavy atom. The van der Waals surface area contributed by atoms with Crippen molar-refractivity contribution < 1.29 is 17.9 Å². The largest absolute Gasteiger partial charge is 0.494 e. The zero-order valence-corrected chi connectivity index (χ0v) is 17.9. The second-order valence-electron chi connectivity index (χ2n) is 7.06. The van der Waals surface area contributed by atoms with Crippen molar-refractivity contribution in [3.8, 4) is 5.75 Å². The Bertz CT molecular complexity index is 772. The van der Waals surface area contributed by atoms with E-state index in [0.29, 0.717) is 31.0 Å². The highest BCUT2D eigenvalue weighted by Gasteiger charge is 2.31. The number of carbonyl (C=O) groups excluding carboxylic acids is 1. The van der Waals surface area contributed by atoms with Gasteiger partial charge >= 0.3 is 0 Å². The van der Waals surface area contributed by atoms with Gasteiger partial charge in [-0.1, -0.05) is 18.6 Å². The molecule has 1 aromatic rings. The highest BCUT2D eigenvalue weighted by atomic mass is 32.2. The van der Waals surface area contributed by atoms with Crippen LogP contribution in [-0.2, 0) is 14.8 Å².